The van der Waals surface area contributed by atoms with E-state index in [1.54, 1.807) is 19.4 Å². The van der Waals surface area contributed by atoms with Crippen molar-refractivity contribution in [2.45, 2.75) is 6.92 Å². The molecule has 0 fully saturated rings. The predicted octanol–water partition coefficient (Wildman–Crippen LogP) is 1.58. The Morgan fingerprint density at radius 2 is 2.26 bits per heavy atom. The van der Waals surface area contributed by atoms with Gasteiger partial charge in [-0.3, -0.25) is 4.79 Å². The lowest BCUT2D eigenvalue weighted by Crippen LogP contribution is -2.24. The Kier molecular flexibility index (Phi) is 4.18. The van der Waals surface area contributed by atoms with Crippen LogP contribution in [0, 0.1) is 6.92 Å². The molecular formula is C14H17N3O2. The number of rotatable bonds is 5. The second kappa shape index (κ2) is 6.04. The number of benzene rings is 1. The van der Waals surface area contributed by atoms with Crippen molar-refractivity contribution < 1.29 is 4.74 Å². The number of nitrogens with zero attached hydrogens (tertiary/aromatic N) is 2. The zero-order chi connectivity index (χ0) is 13.7. The molecule has 0 saturated heterocycles. The van der Waals surface area contributed by atoms with E-state index in [0.29, 0.717) is 19.0 Å². The number of hydrogen-bond donors (Lipinski definition) is 1. The van der Waals surface area contributed by atoms with Gasteiger partial charge in [0.05, 0.1) is 6.54 Å². The summed E-state index contributed by atoms with van der Waals surface area (Å²) in [6, 6.07) is 7.85. The van der Waals surface area contributed by atoms with Crippen molar-refractivity contribution in [3.8, 4) is 5.75 Å². The summed E-state index contributed by atoms with van der Waals surface area (Å²) in [5, 5.41) is 2.97. The highest BCUT2D eigenvalue weighted by Gasteiger charge is 2.01. The molecule has 0 bridgehead atoms. The second-order valence-electron chi connectivity index (χ2n) is 4.28. The third-order valence-electron chi connectivity index (χ3n) is 2.67. The molecular weight excluding hydrogens is 242 g/mol. The van der Waals surface area contributed by atoms with E-state index in [1.807, 2.05) is 31.2 Å². The Balaban J connectivity index is 1.84. The van der Waals surface area contributed by atoms with Gasteiger partial charge in [-0.15, -0.1) is 0 Å². The third kappa shape index (κ3) is 3.58. The van der Waals surface area contributed by atoms with Gasteiger partial charge in [0.2, 0.25) is 0 Å². The van der Waals surface area contributed by atoms with Crippen molar-refractivity contribution in [3.05, 3.63) is 52.6 Å². The largest absolute Gasteiger partial charge is 0.492 e. The first-order chi connectivity index (χ1) is 9.16. The minimum atomic E-state index is -0.141. The van der Waals surface area contributed by atoms with Gasteiger partial charge < -0.3 is 14.6 Å². The quantitative estimate of drug-likeness (QED) is 0.828. The monoisotopic (exact) mass is 259 g/mol. The van der Waals surface area contributed by atoms with Crippen molar-refractivity contribution in [2.24, 2.45) is 7.05 Å². The van der Waals surface area contributed by atoms with Crippen LogP contribution in [0.25, 0.3) is 0 Å². The molecule has 0 aliphatic heterocycles. The fourth-order valence-corrected chi connectivity index (χ4v) is 1.66. The Labute approximate surface area is 111 Å². The Hall–Kier alpha value is -2.30. The molecule has 1 aromatic heterocycles. The lowest BCUT2D eigenvalue weighted by molar-refractivity contribution is 0.332. The van der Waals surface area contributed by atoms with Crippen LogP contribution in [0.5, 0.6) is 5.75 Å². The molecule has 19 heavy (non-hydrogen) atoms. The highest BCUT2D eigenvalue weighted by atomic mass is 16.5. The number of anilines is 1. The minimum absolute atomic E-state index is 0.141. The molecule has 0 unspecified atom stereocenters. The van der Waals surface area contributed by atoms with E-state index in [0.717, 1.165) is 11.3 Å². The predicted molar refractivity (Wildman–Crippen MR) is 74.6 cm³/mol. The minimum Gasteiger partial charge on any atom is -0.492 e. The number of aryl methyl sites for hydroxylation is 2. The molecule has 0 spiro atoms. The molecule has 1 aromatic carbocycles. The van der Waals surface area contributed by atoms with Crippen LogP contribution >= 0.6 is 0 Å². The molecule has 5 nitrogen and oxygen atoms in total. The summed E-state index contributed by atoms with van der Waals surface area (Å²) in [4.78, 5) is 15.7. The van der Waals surface area contributed by atoms with E-state index in [9.17, 15) is 4.79 Å². The number of ether oxygens (including phenoxy) is 1. The zero-order valence-electron chi connectivity index (χ0n) is 11.1. The van der Waals surface area contributed by atoms with Crippen molar-refractivity contribution in [1.29, 1.82) is 0 Å². The molecule has 1 heterocycles. The molecule has 100 valence electrons. The summed E-state index contributed by atoms with van der Waals surface area (Å²) >= 11 is 0. The topological polar surface area (TPSA) is 56.1 Å². The molecule has 0 atom stereocenters. The fraction of sp³-hybridized carbons (Fsp3) is 0.286. The van der Waals surface area contributed by atoms with Crippen LogP contribution in [0.15, 0.2) is 41.5 Å². The van der Waals surface area contributed by atoms with Crippen LogP contribution in [0.3, 0.4) is 0 Å². The highest BCUT2D eigenvalue weighted by molar-refractivity contribution is 5.31. The summed E-state index contributed by atoms with van der Waals surface area (Å²) in [6.45, 7) is 3.02. The van der Waals surface area contributed by atoms with Crippen LogP contribution in [0.1, 0.15) is 5.56 Å². The van der Waals surface area contributed by atoms with Crippen molar-refractivity contribution in [3.63, 3.8) is 0 Å². The van der Waals surface area contributed by atoms with E-state index in [1.165, 1.54) is 4.57 Å². The fourth-order valence-electron chi connectivity index (χ4n) is 1.66. The first-order valence-electron chi connectivity index (χ1n) is 6.12. The number of hydrogen-bond acceptors (Lipinski definition) is 4. The first-order valence-corrected chi connectivity index (χ1v) is 6.12. The molecule has 1 N–H and O–H groups in total. The van der Waals surface area contributed by atoms with Crippen LogP contribution in [-0.4, -0.2) is 22.7 Å². The normalized spacial score (nSPS) is 10.2. The van der Waals surface area contributed by atoms with Gasteiger partial charge in [0.15, 0.2) is 5.82 Å². The molecule has 2 aromatic rings. The average molecular weight is 259 g/mol. The Bertz CT molecular complexity index is 608. The van der Waals surface area contributed by atoms with Gasteiger partial charge in [-0.25, -0.2) is 4.98 Å². The maximum atomic E-state index is 11.7. The van der Waals surface area contributed by atoms with Gasteiger partial charge >= 0.3 is 0 Å². The van der Waals surface area contributed by atoms with Crippen LogP contribution < -0.4 is 15.6 Å². The van der Waals surface area contributed by atoms with Gasteiger partial charge in [-0.2, -0.15) is 0 Å². The lowest BCUT2D eigenvalue weighted by Gasteiger charge is -2.08. The summed E-state index contributed by atoms with van der Waals surface area (Å²) in [6.07, 6.45) is 3.21. The number of aromatic nitrogens is 2. The summed E-state index contributed by atoms with van der Waals surface area (Å²) < 4.78 is 7.06. The zero-order valence-corrected chi connectivity index (χ0v) is 11.1. The summed E-state index contributed by atoms with van der Waals surface area (Å²) in [7, 11) is 1.69. The molecule has 0 radical (unpaired) electrons. The molecule has 5 heteroatoms. The molecule has 0 aliphatic carbocycles. The Morgan fingerprint density at radius 3 is 3.05 bits per heavy atom. The molecule has 2 rings (SSSR count). The van der Waals surface area contributed by atoms with E-state index < -0.39 is 0 Å². The van der Waals surface area contributed by atoms with Gasteiger partial charge in [0.1, 0.15) is 12.4 Å². The first kappa shape index (κ1) is 13.1. The van der Waals surface area contributed by atoms with E-state index in [4.69, 9.17) is 4.74 Å². The van der Waals surface area contributed by atoms with Crippen LogP contribution in [0.4, 0.5) is 5.82 Å². The average Bonchev–Trinajstić information content (AvgIpc) is 2.39. The summed E-state index contributed by atoms with van der Waals surface area (Å²) in [5.74, 6) is 1.17. The van der Waals surface area contributed by atoms with Crippen molar-refractivity contribution in [2.75, 3.05) is 18.5 Å². The van der Waals surface area contributed by atoms with E-state index in [2.05, 4.69) is 10.3 Å². The van der Waals surface area contributed by atoms with Gasteiger partial charge in [0, 0.05) is 19.4 Å². The molecule has 0 aliphatic rings. The molecule has 0 saturated carbocycles. The standard InChI is InChI=1S/C14H17N3O2/c1-11-4-3-5-12(10-11)19-9-7-16-13-14(18)17(2)8-6-15-13/h3-6,8,10H,7,9H2,1-2H3,(H,15,16). The SMILES string of the molecule is Cc1cccc(OCCNc2nccn(C)c2=O)c1. The van der Waals surface area contributed by atoms with E-state index in [-0.39, 0.29) is 5.56 Å². The third-order valence-corrected chi connectivity index (χ3v) is 2.67. The number of nitrogens with one attached hydrogen (secondary N) is 1. The van der Waals surface area contributed by atoms with Gasteiger partial charge in [0.25, 0.3) is 5.56 Å². The Morgan fingerprint density at radius 1 is 1.42 bits per heavy atom. The van der Waals surface area contributed by atoms with Crippen LogP contribution in [0.2, 0.25) is 0 Å². The maximum Gasteiger partial charge on any atom is 0.293 e. The summed E-state index contributed by atoms with van der Waals surface area (Å²) in [5.41, 5.74) is 1.02. The van der Waals surface area contributed by atoms with Crippen molar-refractivity contribution >= 4 is 5.82 Å². The second-order valence-corrected chi connectivity index (χ2v) is 4.28. The van der Waals surface area contributed by atoms with Gasteiger partial charge in [-0.05, 0) is 24.6 Å². The van der Waals surface area contributed by atoms with E-state index >= 15 is 0 Å². The maximum absolute atomic E-state index is 11.7. The smallest absolute Gasteiger partial charge is 0.293 e. The highest BCUT2D eigenvalue weighted by Crippen LogP contribution is 2.11. The van der Waals surface area contributed by atoms with Crippen LogP contribution in [-0.2, 0) is 7.05 Å². The van der Waals surface area contributed by atoms with Crippen molar-refractivity contribution in [1.82, 2.24) is 9.55 Å². The lowest BCUT2D eigenvalue weighted by atomic mass is 10.2. The molecule has 0 amide bonds. The van der Waals surface area contributed by atoms with Gasteiger partial charge in [-0.1, -0.05) is 12.1 Å².